The minimum atomic E-state index is -1.08. The topological polar surface area (TPSA) is 105 Å². The lowest BCUT2D eigenvalue weighted by Gasteiger charge is -2.15. The highest BCUT2D eigenvalue weighted by Crippen LogP contribution is 2.44. The highest BCUT2D eigenvalue weighted by Gasteiger charge is 2.29. The summed E-state index contributed by atoms with van der Waals surface area (Å²) in [6.07, 6.45) is 0.0109. The van der Waals surface area contributed by atoms with Crippen molar-refractivity contribution in [3.05, 3.63) is 89.5 Å². The molecule has 1 aliphatic rings. The molecular formula is C27H26N2O5. The van der Waals surface area contributed by atoms with Gasteiger partial charge >= 0.3 is 12.1 Å². The Labute approximate surface area is 197 Å². The number of hydrogen-bond donors (Lipinski definition) is 3. The second-order valence-electron chi connectivity index (χ2n) is 8.28. The first kappa shape index (κ1) is 23.0. The Morgan fingerprint density at radius 3 is 2.24 bits per heavy atom. The summed E-state index contributed by atoms with van der Waals surface area (Å²) in [5.41, 5.74) is 6.04. The average Bonchev–Trinajstić information content (AvgIpc) is 3.15. The zero-order valence-electron chi connectivity index (χ0n) is 18.8. The van der Waals surface area contributed by atoms with Crippen LogP contribution in [0.3, 0.4) is 0 Å². The quantitative estimate of drug-likeness (QED) is 0.459. The first-order chi connectivity index (χ1) is 16.4. The van der Waals surface area contributed by atoms with Gasteiger partial charge in [0.25, 0.3) is 0 Å². The van der Waals surface area contributed by atoms with Crippen molar-refractivity contribution in [2.45, 2.75) is 31.7 Å². The normalized spacial score (nSPS) is 12.9. The molecule has 7 heteroatoms. The fourth-order valence-corrected chi connectivity index (χ4v) is 4.19. The van der Waals surface area contributed by atoms with Crippen LogP contribution in [0.2, 0.25) is 0 Å². The molecular weight excluding hydrogens is 432 g/mol. The molecule has 7 nitrogen and oxygen atoms in total. The van der Waals surface area contributed by atoms with Crippen molar-refractivity contribution in [2.24, 2.45) is 0 Å². The predicted molar refractivity (Wildman–Crippen MR) is 129 cm³/mol. The van der Waals surface area contributed by atoms with Crippen molar-refractivity contribution in [2.75, 3.05) is 11.9 Å². The van der Waals surface area contributed by atoms with Gasteiger partial charge in [-0.25, -0.2) is 4.79 Å². The Morgan fingerprint density at radius 1 is 0.941 bits per heavy atom. The van der Waals surface area contributed by atoms with E-state index in [4.69, 9.17) is 9.84 Å². The van der Waals surface area contributed by atoms with Gasteiger partial charge in [0.05, 0.1) is 0 Å². The lowest BCUT2D eigenvalue weighted by atomic mass is 9.98. The summed E-state index contributed by atoms with van der Waals surface area (Å²) in [7, 11) is 0. The molecule has 0 aliphatic heterocycles. The molecule has 34 heavy (non-hydrogen) atoms. The fraction of sp³-hybridized carbons (Fsp3) is 0.222. The summed E-state index contributed by atoms with van der Waals surface area (Å²) in [5, 5.41) is 14.1. The van der Waals surface area contributed by atoms with Gasteiger partial charge in [-0.05, 0) is 53.3 Å². The van der Waals surface area contributed by atoms with Crippen molar-refractivity contribution >= 4 is 23.7 Å². The first-order valence-electron chi connectivity index (χ1n) is 11.2. The number of hydrogen-bond acceptors (Lipinski definition) is 4. The number of fused-ring (bicyclic) bond motifs is 3. The summed E-state index contributed by atoms with van der Waals surface area (Å²) in [4.78, 5) is 35.3. The molecule has 1 aliphatic carbocycles. The van der Waals surface area contributed by atoms with Gasteiger partial charge in [0, 0.05) is 18.0 Å². The molecule has 0 spiro atoms. The number of carbonyl (C=O) groups is 3. The van der Waals surface area contributed by atoms with E-state index in [1.165, 1.54) is 18.1 Å². The Morgan fingerprint density at radius 2 is 1.59 bits per heavy atom. The van der Waals surface area contributed by atoms with Gasteiger partial charge in [-0.3, -0.25) is 14.9 Å². The molecule has 3 aromatic carbocycles. The predicted octanol–water partition coefficient (Wildman–Crippen LogP) is 4.57. The standard InChI is InChI=1S/C27H26N2O5/c1-17(26(31)32)28-25(30)14-13-18-7-6-8-19(15-18)29-27(33)34-16-24-22-11-4-2-9-20(22)21-10-3-5-12-23(21)24/h2-12,15,17,24H,13-14,16H2,1H3,(H,28,30)(H,29,33)(H,31,32)/t17-/m1/s1. The van der Waals surface area contributed by atoms with Crippen LogP contribution < -0.4 is 10.6 Å². The third kappa shape index (κ3) is 5.26. The summed E-state index contributed by atoms with van der Waals surface area (Å²) in [6.45, 7) is 1.64. The third-order valence-corrected chi connectivity index (χ3v) is 5.91. The van der Waals surface area contributed by atoms with E-state index in [1.807, 2.05) is 30.3 Å². The van der Waals surface area contributed by atoms with Gasteiger partial charge in [0.1, 0.15) is 12.6 Å². The molecule has 0 bridgehead atoms. The van der Waals surface area contributed by atoms with E-state index in [9.17, 15) is 14.4 Å². The number of benzene rings is 3. The van der Waals surface area contributed by atoms with Gasteiger partial charge in [-0.2, -0.15) is 0 Å². The molecule has 3 N–H and O–H groups in total. The maximum Gasteiger partial charge on any atom is 0.411 e. The minimum absolute atomic E-state index is 0.0174. The van der Waals surface area contributed by atoms with Crippen LogP contribution in [0, 0.1) is 0 Å². The van der Waals surface area contributed by atoms with Gasteiger partial charge in [-0.15, -0.1) is 0 Å². The zero-order chi connectivity index (χ0) is 24.1. The number of carbonyl (C=O) groups excluding carboxylic acids is 2. The van der Waals surface area contributed by atoms with Crippen molar-refractivity contribution < 1.29 is 24.2 Å². The molecule has 0 unspecified atom stereocenters. The van der Waals surface area contributed by atoms with Crippen molar-refractivity contribution in [3.63, 3.8) is 0 Å². The second kappa shape index (κ2) is 10.2. The molecule has 4 rings (SSSR count). The number of carboxylic acid groups (broad SMARTS) is 1. The van der Waals surface area contributed by atoms with Crippen LogP contribution in [-0.2, 0) is 20.7 Å². The third-order valence-electron chi connectivity index (χ3n) is 5.91. The number of aryl methyl sites for hydroxylation is 1. The average molecular weight is 459 g/mol. The second-order valence-corrected chi connectivity index (χ2v) is 8.28. The van der Waals surface area contributed by atoms with Crippen molar-refractivity contribution in [1.29, 1.82) is 0 Å². The van der Waals surface area contributed by atoms with Crippen LogP contribution >= 0.6 is 0 Å². The highest BCUT2D eigenvalue weighted by molar-refractivity contribution is 5.85. The summed E-state index contributed by atoms with van der Waals surface area (Å²) in [5.74, 6) is -1.44. The lowest BCUT2D eigenvalue weighted by Crippen LogP contribution is -2.38. The Kier molecular flexibility index (Phi) is 6.92. The Hall–Kier alpha value is -4.13. The molecule has 0 heterocycles. The van der Waals surface area contributed by atoms with E-state index in [0.29, 0.717) is 12.1 Å². The summed E-state index contributed by atoms with van der Waals surface area (Å²) in [6, 6.07) is 22.5. The van der Waals surface area contributed by atoms with E-state index < -0.39 is 18.1 Å². The molecule has 1 atom stereocenters. The number of anilines is 1. The number of nitrogens with one attached hydrogen (secondary N) is 2. The van der Waals surface area contributed by atoms with Crippen molar-refractivity contribution in [3.8, 4) is 11.1 Å². The van der Waals surface area contributed by atoms with Crippen molar-refractivity contribution in [1.82, 2.24) is 5.32 Å². The Balaban J connectivity index is 1.33. The number of rotatable bonds is 8. The smallest absolute Gasteiger partial charge is 0.411 e. The van der Waals surface area contributed by atoms with Gasteiger partial charge in [0.2, 0.25) is 5.91 Å². The largest absolute Gasteiger partial charge is 0.480 e. The molecule has 0 saturated heterocycles. The maximum absolute atomic E-state index is 12.5. The maximum atomic E-state index is 12.5. The summed E-state index contributed by atoms with van der Waals surface area (Å²) >= 11 is 0. The van der Waals surface area contributed by atoms with E-state index in [1.54, 1.807) is 18.2 Å². The van der Waals surface area contributed by atoms with E-state index >= 15 is 0 Å². The minimum Gasteiger partial charge on any atom is -0.480 e. The van der Waals surface area contributed by atoms with Crippen LogP contribution in [0.5, 0.6) is 0 Å². The van der Waals surface area contributed by atoms with E-state index in [2.05, 4.69) is 34.9 Å². The van der Waals surface area contributed by atoms with Gasteiger partial charge < -0.3 is 15.2 Å². The molecule has 2 amide bonds. The molecule has 0 radical (unpaired) electrons. The molecule has 0 aromatic heterocycles. The number of aliphatic carboxylic acids is 1. The number of carboxylic acids is 1. The highest BCUT2D eigenvalue weighted by atomic mass is 16.5. The monoisotopic (exact) mass is 458 g/mol. The zero-order valence-corrected chi connectivity index (χ0v) is 18.8. The number of amides is 2. The molecule has 0 fully saturated rings. The first-order valence-corrected chi connectivity index (χ1v) is 11.2. The van der Waals surface area contributed by atoms with E-state index in [-0.39, 0.29) is 24.9 Å². The lowest BCUT2D eigenvalue weighted by molar-refractivity contribution is -0.141. The molecule has 174 valence electrons. The van der Waals surface area contributed by atoms with E-state index in [0.717, 1.165) is 16.7 Å². The summed E-state index contributed by atoms with van der Waals surface area (Å²) < 4.78 is 5.58. The van der Waals surface area contributed by atoms with Crippen LogP contribution in [0.15, 0.2) is 72.8 Å². The van der Waals surface area contributed by atoms with Gasteiger partial charge in [0.15, 0.2) is 0 Å². The SMILES string of the molecule is C[C@@H](NC(=O)CCc1cccc(NC(=O)OCC2c3ccccc3-c3ccccc32)c1)C(=O)O. The number of ether oxygens (including phenoxy) is 1. The van der Waals surface area contributed by atoms with Crippen LogP contribution in [0.1, 0.15) is 36.0 Å². The Bertz CT molecular complexity index is 1180. The van der Waals surface area contributed by atoms with Crippen LogP contribution in [0.25, 0.3) is 11.1 Å². The molecule has 3 aromatic rings. The van der Waals surface area contributed by atoms with Crippen LogP contribution in [-0.4, -0.2) is 35.7 Å². The van der Waals surface area contributed by atoms with Crippen LogP contribution in [0.4, 0.5) is 10.5 Å². The fourth-order valence-electron chi connectivity index (χ4n) is 4.19. The van der Waals surface area contributed by atoms with Gasteiger partial charge in [-0.1, -0.05) is 60.7 Å². The molecule has 0 saturated carbocycles.